The first-order valence-corrected chi connectivity index (χ1v) is 16.0. The molecule has 0 unspecified atom stereocenters. The number of rotatable bonds is 6. The molecule has 46 heavy (non-hydrogen) atoms. The largest absolute Gasteiger partial charge is 0.310 e. The first-order chi connectivity index (χ1) is 22.5. The van der Waals surface area contributed by atoms with Gasteiger partial charge < -0.3 is 9.80 Å². The maximum absolute atomic E-state index is 2.43. The van der Waals surface area contributed by atoms with E-state index in [0.717, 1.165) is 22.7 Å². The average molecular weight is 593 g/mol. The summed E-state index contributed by atoms with van der Waals surface area (Å²) in [5.41, 5.74) is 8.20. The fourth-order valence-corrected chi connectivity index (χ4v) is 7.03. The van der Waals surface area contributed by atoms with Crippen molar-refractivity contribution in [2.75, 3.05) is 9.80 Å². The second-order valence-electron chi connectivity index (χ2n) is 13.0. The molecular formula is C44H36N2. The van der Waals surface area contributed by atoms with Crippen LogP contribution < -0.4 is 9.80 Å². The van der Waals surface area contributed by atoms with Crippen LogP contribution in [0.15, 0.2) is 164 Å². The Morgan fingerprint density at radius 3 is 1.24 bits per heavy atom. The fourth-order valence-electron chi connectivity index (χ4n) is 7.03. The Morgan fingerprint density at radius 2 is 0.761 bits per heavy atom. The van der Waals surface area contributed by atoms with Gasteiger partial charge in [-0.25, -0.2) is 0 Å². The monoisotopic (exact) mass is 592 g/mol. The van der Waals surface area contributed by atoms with Crippen LogP contribution in [0.1, 0.15) is 26.3 Å². The van der Waals surface area contributed by atoms with Crippen molar-refractivity contribution >= 4 is 66.4 Å². The molecule has 0 bridgehead atoms. The van der Waals surface area contributed by atoms with Gasteiger partial charge in [-0.2, -0.15) is 0 Å². The van der Waals surface area contributed by atoms with Crippen LogP contribution in [0.5, 0.6) is 0 Å². The zero-order valence-electron chi connectivity index (χ0n) is 26.5. The van der Waals surface area contributed by atoms with Crippen molar-refractivity contribution in [2.24, 2.45) is 0 Å². The highest BCUT2D eigenvalue weighted by atomic mass is 15.1. The SMILES string of the molecule is CC(C)(C)c1cc(N(c2ccccc2)c2ccccc2)c2ccc3ccc(N(c4ccccc4)c4ccccc4)c4ccc1c2c34. The van der Waals surface area contributed by atoms with Crippen molar-refractivity contribution in [3.63, 3.8) is 0 Å². The van der Waals surface area contributed by atoms with E-state index in [1.807, 2.05) is 0 Å². The lowest BCUT2D eigenvalue weighted by molar-refractivity contribution is 0.596. The first kappa shape index (κ1) is 27.9. The van der Waals surface area contributed by atoms with Gasteiger partial charge in [0.05, 0.1) is 11.4 Å². The molecule has 0 aromatic heterocycles. The molecule has 8 aromatic carbocycles. The number of para-hydroxylation sites is 4. The quantitative estimate of drug-likeness (QED) is 0.177. The highest BCUT2D eigenvalue weighted by Crippen LogP contribution is 2.49. The molecule has 0 saturated heterocycles. The summed E-state index contributed by atoms with van der Waals surface area (Å²) in [6, 6.07) is 59.3. The molecule has 0 saturated carbocycles. The minimum atomic E-state index is -0.0704. The van der Waals surface area contributed by atoms with E-state index in [2.05, 4.69) is 194 Å². The van der Waals surface area contributed by atoms with Crippen molar-refractivity contribution in [3.05, 3.63) is 169 Å². The maximum Gasteiger partial charge on any atom is 0.0543 e. The van der Waals surface area contributed by atoms with Gasteiger partial charge in [0.15, 0.2) is 0 Å². The molecule has 0 heterocycles. The highest BCUT2D eigenvalue weighted by molar-refractivity contribution is 6.28. The minimum absolute atomic E-state index is 0.0704. The van der Waals surface area contributed by atoms with Crippen molar-refractivity contribution in [1.29, 1.82) is 0 Å². The Labute approximate surface area is 271 Å². The summed E-state index contributed by atoms with van der Waals surface area (Å²) in [5, 5.41) is 7.67. The second kappa shape index (κ2) is 11.1. The average Bonchev–Trinajstić information content (AvgIpc) is 3.10. The zero-order chi connectivity index (χ0) is 31.3. The number of nitrogens with zero attached hydrogens (tertiary/aromatic N) is 2. The third-order valence-corrected chi connectivity index (χ3v) is 9.08. The van der Waals surface area contributed by atoms with Crippen LogP contribution in [0, 0.1) is 0 Å². The molecule has 0 aliphatic heterocycles. The van der Waals surface area contributed by atoms with E-state index in [-0.39, 0.29) is 5.41 Å². The number of hydrogen-bond acceptors (Lipinski definition) is 2. The molecule has 0 aliphatic carbocycles. The lowest BCUT2D eigenvalue weighted by Gasteiger charge is -2.32. The molecule has 0 atom stereocenters. The van der Waals surface area contributed by atoms with Gasteiger partial charge in [0.2, 0.25) is 0 Å². The molecule has 8 aromatic rings. The van der Waals surface area contributed by atoms with Gasteiger partial charge in [-0.05, 0) is 93.2 Å². The van der Waals surface area contributed by atoms with E-state index in [0.29, 0.717) is 0 Å². The van der Waals surface area contributed by atoms with Gasteiger partial charge in [-0.3, -0.25) is 0 Å². The van der Waals surface area contributed by atoms with Crippen LogP contribution in [-0.4, -0.2) is 0 Å². The van der Waals surface area contributed by atoms with E-state index in [1.165, 1.54) is 49.3 Å². The molecule has 0 radical (unpaired) electrons. The Balaban J connectivity index is 1.49. The summed E-state index contributed by atoms with van der Waals surface area (Å²) >= 11 is 0. The smallest absolute Gasteiger partial charge is 0.0543 e. The number of hydrogen-bond donors (Lipinski definition) is 0. The normalized spacial score (nSPS) is 11.8. The molecular weight excluding hydrogens is 556 g/mol. The van der Waals surface area contributed by atoms with Gasteiger partial charge in [-0.1, -0.05) is 124 Å². The summed E-state index contributed by atoms with van der Waals surface area (Å²) in [4.78, 5) is 4.81. The molecule has 222 valence electrons. The topological polar surface area (TPSA) is 6.48 Å². The van der Waals surface area contributed by atoms with Gasteiger partial charge in [-0.15, -0.1) is 0 Å². The lowest BCUT2D eigenvalue weighted by Crippen LogP contribution is -2.16. The van der Waals surface area contributed by atoms with Gasteiger partial charge in [0.25, 0.3) is 0 Å². The third kappa shape index (κ3) is 4.66. The Kier molecular flexibility index (Phi) is 6.73. The van der Waals surface area contributed by atoms with Crippen LogP contribution >= 0.6 is 0 Å². The highest BCUT2D eigenvalue weighted by Gasteiger charge is 2.26. The van der Waals surface area contributed by atoms with Gasteiger partial charge in [0.1, 0.15) is 0 Å². The van der Waals surface area contributed by atoms with E-state index >= 15 is 0 Å². The van der Waals surface area contributed by atoms with Crippen molar-refractivity contribution in [3.8, 4) is 0 Å². The fraction of sp³-hybridized carbons (Fsp3) is 0.0909. The molecule has 0 fully saturated rings. The van der Waals surface area contributed by atoms with E-state index < -0.39 is 0 Å². The number of benzene rings is 8. The molecule has 8 rings (SSSR count). The predicted octanol–water partition coefficient (Wildman–Crippen LogP) is 12.8. The molecule has 2 heteroatoms. The Bertz CT molecular complexity index is 2190. The van der Waals surface area contributed by atoms with Gasteiger partial charge in [0, 0.05) is 33.5 Å². The van der Waals surface area contributed by atoms with Crippen molar-refractivity contribution < 1.29 is 0 Å². The minimum Gasteiger partial charge on any atom is -0.310 e. The summed E-state index contributed by atoms with van der Waals surface area (Å²) in [6.45, 7) is 6.99. The predicted molar refractivity (Wildman–Crippen MR) is 198 cm³/mol. The molecule has 2 nitrogen and oxygen atoms in total. The lowest BCUT2D eigenvalue weighted by atomic mass is 9.80. The molecule has 0 amide bonds. The standard InChI is InChI=1S/C44H36N2/c1-44(2,3)39-30-41(46(34-20-12-6-13-21-34)35-22-14-7-15-23-35)38-26-24-31-25-29-40(37-28-27-36(39)43(38)42(31)37)45(32-16-8-4-9-17-32)33-18-10-5-11-19-33/h4-30H,1-3H3. The van der Waals surface area contributed by atoms with Crippen LogP contribution in [0.2, 0.25) is 0 Å². The third-order valence-electron chi connectivity index (χ3n) is 9.08. The summed E-state index contributed by atoms with van der Waals surface area (Å²) in [5.74, 6) is 0. The Hall–Kier alpha value is -5.60. The van der Waals surface area contributed by atoms with E-state index in [4.69, 9.17) is 0 Å². The molecule has 0 N–H and O–H groups in total. The number of anilines is 6. The first-order valence-electron chi connectivity index (χ1n) is 16.0. The van der Waals surface area contributed by atoms with Gasteiger partial charge >= 0.3 is 0 Å². The van der Waals surface area contributed by atoms with Crippen molar-refractivity contribution in [1.82, 2.24) is 0 Å². The summed E-state index contributed by atoms with van der Waals surface area (Å²) in [6.07, 6.45) is 0. The summed E-state index contributed by atoms with van der Waals surface area (Å²) < 4.78 is 0. The van der Waals surface area contributed by atoms with Crippen LogP contribution in [0.4, 0.5) is 34.1 Å². The van der Waals surface area contributed by atoms with Crippen molar-refractivity contribution in [2.45, 2.75) is 26.2 Å². The molecule has 0 spiro atoms. The summed E-state index contributed by atoms with van der Waals surface area (Å²) in [7, 11) is 0. The Morgan fingerprint density at radius 1 is 0.370 bits per heavy atom. The maximum atomic E-state index is 2.43. The van der Waals surface area contributed by atoms with Crippen LogP contribution in [0.25, 0.3) is 32.3 Å². The van der Waals surface area contributed by atoms with E-state index in [9.17, 15) is 0 Å². The second-order valence-corrected chi connectivity index (χ2v) is 13.0. The van der Waals surface area contributed by atoms with E-state index in [1.54, 1.807) is 0 Å². The van der Waals surface area contributed by atoms with Crippen LogP contribution in [0.3, 0.4) is 0 Å². The van der Waals surface area contributed by atoms with Crippen LogP contribution in [-0.2, 0) is 5.41 Å². The molecule has 0 aliphatic rings. The zero-order valence-corrected chi connectivity index (χ0v) is 26.5.